The van der Waals surface area contributed by atoms with Gasteiger partial charge < -0.3 is 0 Å². The highest BCUT2D eigenvalue weighted by Crippen LogP contribution is 2.50. The van der Waals surface area contributed by atoms with Crippen LogP contribution >= 0.6 is 204 Å². The zero-order valence-electron chi connectivity index (χ0n) is 87.1. The lowest BCUT2D eigenvalue weighted by atomic mass is 9.96. The van der Waals surface area contributed by atoms with Gasteiger partial charge >= 0.3 is 0 Å². The van der Waals surface area contributed by atoms with Crippen LogP contribution < -0.4 is 0 Å². The number of unbranched alkanes of at least 4 members (excludes halogenated alkanes) is 17. The Balaban J connectivity index is 0.000000141. The van der Waals surface area contributed by atoms with Gasteiger partial charge in [-0.25, -0.2) is 0 Å². The molecule has 1 aromatic carbocycles. The van der Waals surface area contributed by atoms with Crippen molar-refractivity contribution in [3.8, 4) is 118 Å². The Labute approximate surface area is 925 Å². The number of hydrogen-bond donors (Lipinski definition) is 0. The maximum atomic E-state index is 2.47. The van der Waals surface area contributed by atoms with Crippen molar-refractivity contribution in [2.75, 3.05) is 0 Å². The third kappa shape index (κ3) is 34.2. The van der Waals surface area contributed by atoms with Crippen molar-refractivity contribution in [2.45, 2.75) is 305 Å². The van der Waals surface area contributed by atoms with Gasteiger partial charge in [-0.05, 0) is 382 Å². The Morgan fingerprint density at radius 3 is 0.606 bits per heavy atom. The Morgan fingerprint density at radius 1 is 0.155 bits per heavy atom. The molecular formula is C124H146S18. The van der Waals surface area contributed by atoms with Crippen LogP contribution in [-0.4, -0.2) is 0 Å². The zero-order valence-corrected chi connectivity index (χ0v) is 102. The van der Waals surface area contributed by atoms with E-state index in [-0.39, 0.29) is 0 Å². The topological polar surface area (TPSA) is 0 Å². The van der Waals surface area contributed by atoms with Gasteiger partial charge in [0.15, 0.2) is 0 Å². The molecule has 0 fully saturated rings. The van der Waals surface area contributed by atoms with Crippen LogP contribution in [0.3, 0.4) is 0 Å². The van der Waals surface area contributed by atoms with E-state index in [4.69, 9.17) is 0 Å². The van der Waals surface area contributed by atoms with E-state index in [1.807, 2.05) is 193 Å². The smallest absolute Gasteiger partial charge is 0.0484 e. The number of aryl methyl sites for hydroxylation is 17. The quantitative estimate of drug-likeness (QED) is 0.0337. The van der Waals surface area contributed by atoms with Crippen LogP contribution in [0.1, 0.15) is 272 Å². The van der Waals surface area contributed by atoms with Crippen LogP contribution in [0.5, 0.6) is 0 Å². The van der Waals surface area contributed by atoms with Crippen molar-refractivity contribution in [3.05, 3.63) is 308 Å². The second kappa shape index (κ2) is 58.7. The summed E-state index contributed by atoms with van der Waals surface area (Å²) in [7, 11) is 0. The summed E-state index contributed by atoms with van der Waals surface area (Å²) in [6, 6.07) is 78.4. The lowest BCUT2D eigenvalue weighted by molar-refractivity contribution is 0.607. The highest BCUT2D eigenvalue weighted by molar-refractivity contribution is 7.30. The van der Waals surface area contributed by atoms with Gasteiger partial charge in [0, 0.05) is 176 Å². The van der Waals surface area contributed by atoms with Crippen molar-refractivity contribution in [1.82, 2.24) is 0 Å². The molecule has 18 heterocycles. The lowest BCUT2D eigenvalue weighted by Crippen LogP contribution is -1.95. The van der Waals surface area contributed by atoms with Gasteiger partial charge in [-0.3, -0.25) is 0 Å². The van der Waals surface area contributed by atoms with Gasteiger partial charge in [0.05, 0.1) is 0 Å². The molecule has 0 saturated heterocycles. The summed E-state index contributed by atoms with van der Waals surface area (Å²) in [5.74, 6) is 0. The maximum Gasteiger partial charge on any atom is 0.0484 e. The molecule has 18 aromatic heterocycles. The molecule has 0 bridgehead atoms. The van der Waals surface area contributed by atoms with E-state index in [9.17, 15) is 0 Å². The average molecular weight is 2210 g/mol. The van der Waals surface area contributed by atoms with Gasteiger partial charge in [-0.2, -0.15) is 0 Å². The molecule has 0 atom stereocenters. The van der Waals surface area contributed by atoms with E-state index in [1.54, 1.807) is 37.6 Å². The molecule has 0 aliphatic rings. The minimum Gasteiger partial charge on any atom is -0.140 e. The molecule has 0 aliphatic carbocycles. The molecule has 0 radical (unpaired) electrons. The van der Waals surface area contributed by atoms with Crippen molar-refractivity contribution in [3.63, 3.8) is 0 Å². The van der Waals surface area contributed by atoms with Crippen molar-refractivity contribution < 1.29 is 0 Å². The zero-order chi connectivity index (χ0) is 100. The monoisotopic (exact) mass is 2210 g/mol. The third-order valence-electron chi connectivity index (χ3n) is 25.0. The standard InChI is InChI=1S/C26H36S3.C22H34S2.C18H14S4.C18H26S2.C16H14S2.C14H12S3.C10H10S2/c1-5-7-9-11-13-21-22(14-12-10-8-6-2)26(24-18-16-20(4)28-24)29-25(21)23-17-15-19(3)27-23;1-5-7-9-11-13-19-15-21(23-17(19)3)22-16-20(18(4)24-22)14-12-10-8-6-2;1-11-3-5-13(19-11)15-7-9-17(21-15)18-10-8-16(22-18)14-6-4-12(2)20-14;1-4-5-6-7-8-9-10-16-13-18(20-15(16)3)17-12-11-14(2)19-17;1-11-8-9-15(17-11)16-10-14(12(2)18-16)13-6-4-3-5-7-13;1-9-3-5-11(15-9)13-7-8-14(17-13)12-6-4-10(2)16-12;1-7-3-5-9(11-7)10-6-4-8(2)12-10/h15-18H,5-14H2,1-4H3;15-16H,5-14H2,1-4H3;3-10H,1-2H3;11-13H,4-10H2,1-3H3;3-10H,1-2H3;3-8H,1-2H3;3-6H,1-2H3. The van der Waals surface area contributed by atoms with Gasteiger partial charge in [0.2, 0.25) is 0 Å². The van der Waals surface area contributed by atoms with Gasteiger partial charge in [0.1, 0.15) is 0 Å². The van der Waals surface area contributed by atoms with E-state index in [0.717, 1.165) is 0 Å². The molecule has 0 nitrogen and oxygen atoms in total. The molecule has 750 valence electrons. The first kappa shape index (κ1) is 113. The van der Waals surface area contributed by atoms with Crippen LogP contribution in [0, 0.1) is 96.9 Å². The van der Waals surface area contributed by atoms with E-state index in [0.29, 0.717) is 0 Å². The third-order valence-corrected chi connectivity index (χ3v) is 46.0. The van der Waals surface area contributed by atoms with Crippen LogP contribution in [0.2, 0.25) is 0 Å². The van der Waals surface area contributed by atoms with Crippen molar-refractivity contribution >= 4 is 204 Å². The fourth-order valence-electron chi connectivity index (χ4n) is 17.1. The summed E-state index contributed by atoms with van der Waals surface area (Å²) in [6.45, 7) is 42.3. The average Bonchev–Trinajstić information content (AvgIpc) is 1.62. The summed E-state index contributed by atoms with van der Waals surface area (Å²) < 4.78 is 0. The minimum absolute atomic E-state index is 1.25. The predicted octanol–water partition coefficient (Wildman–Crippen LogP) is 48.6. The molecule has 0 spiro atoms. The first-order valence-corrected chi connectivity index (χ1v) is 66.2. The molecule has 19 rings (SSSR count). The summed E-state index contributed by atoms with van der Waals surface area (Å²) >= 11 is 34.5. The van der Waals surface area contributed by atoms with E-state index < -0.39 is 0 Å². The van der Waals surface area contributed by atoms with Crippen molar-refractivity contribution in [1.29, 1.82) is 0 Å². The van der Waals surface area contributed by atoms with E-state index >= 15 is 0 Å². The number of benzene rings is 1. The van der Waals surface area contributed by atoms with E-state index in [1.165, 1.54) is 350 Å². The van der Waals surface area contributed by atoms with Crippen LogP contribution in [-0.2, 0) is 32.1 Å². The fraction of sp³-hybridized carbons (Fsp3) is 0.371. The summed E-state index contributed by atoms with van der Waals surface area (Å²) in [6.07, 6.45) is 36.1. The minimum atomic E-state index is 1.25. The Morgan fingerprint density at radius 2 is 0.352 bits per heavy atom. The number of thiophene rings is 18. The Kier molecular flexibility index (Phi) is 46.7. The normalized spacial score (nSPS) is 11.1. The molecule has 0 saturated carbocycles. The summed E-state index contributed by atoms with van der Waals surface area (Å²) in [5.41, 5.74) is 10.8. The largest absolute Gasteiger partial charge is 0.140 e. The molecule has 0 N–H and O–H groups in total. The maximum absolute atomic E-state index is 2.47. The molecule has 0 amide bonds. The van der Waals surface area contributed by atoms with Crippen molar-refractivity contribution in [2.24, 2.45) is 0 Å². The molecule has 0 aliphatic heterocycles. The molecule has 142 heavy (non-hydrogen) atoms. The second-order valence-corrected chi connectivity index (χ2v) is 59.3. The molecule has 18 heteroatoms. The fourth-order valence-corrected chi connectivity index (χ4v) is 35.5. The molecular weight excluding hydrogens is 2070 g/mol. The molecule has 19 aromatic rings. The van der Waals surface area contributed by atoms with Gasteiger partial charge in [-0.15, -0.1) is 204 Å². The lowest BCUT2D eigenvalue weighted by Gasteiger charge is -2.09. The van der Waals surface area contributed by atoms with Gasteiger partial charge in [-0.1, -0.05) is 174 Å². The van der Waals surface area contributed by atoms with Crippen LogP contribution in [0.4, 0.5) is 0 Å². The Bertz CT molecular complexity index is 6570. The second-order valence-electron chi connectivity index (χ2n) is 37.1. The first-order chi connectivity index (χ1) is 68.9. The highest BCUT2D eigenvalue weighted by Gasteiger charge is 2.24. The highest BCUT2D eigenvalue weighted by atomic mass is 32.2. The molecule has 0 unspecified atom stereocenters. The predicted molar refractivity (Wildman–Crippen MR) is 667 cm³/mol. The summed E-state index contributed by atoms with van der Waals surface area (Å²) in [4.78, 5) is 51.1. The van der Waals surface area contributed by atoms with Crippen LogP contribution in [0.15, 0.2) is 212 Å². The SMILES string of the molecule is CCCCCCCCc1cc(-c2ccc(C)s2)sc1C.CCCCCCc1c(-c2ccc(C)s2)sc(-c2ccc(C)s2)c1CCCCCC.CCCCCCc1cc(-c2cc(CCCCCC)c(C)s2)sc1C.Cc1ccc(-c2cc(-c3ccccc3)c(C)s2)s1.Cc1ccc(-c2ccc(-c3ccc(-c4ccc(C)s4)s3)s2)s1.Cc1ccc(-c2ccc(-c3ccc(C)s3)s2)s1.Cc1ccc(-c2ccc(C)s2)s1. The van der Waals surface area contributed by atoms with E-state index in [2.05, 4.69) is 355 Å². The first-order valence-electron chi connectivity index (χ1n) is 51.5. The van der Waals surface area contributed by atoms with Crippen LogP contribution in [0.25, 0.3) is 118 Å². The van der Waals surface area contributed by atoms with Gasteiger partial charge in [0.25, 0.3) is 0 Å². The summed E-state index contributed by atoms with van der Waals surface area (Å²) in [5, 5.41) is 0. The number of hydrogen-bond acceptors (Lipinski definition) is 18. The number of rotatable bonds is 39. The Hall–Kier alpha value is -6.18.